The number of H-pyrrole nitrogens is 1. The molecule has 2 aliphatic heterocycles. The van der Waals surface area contributed by atoms with Crippen LogP contribution in [0.1, 0.15) is 35.0 Å². The quantitative estimate of drug-likeness (QED) is 0.817. The molecule has 7 nitrogen and oxygen atoms in total. The first-order valence-electron chi connectivity index (χ1n) is 11.6. The molecule has 3 heterocycles. The summed E-state index contributed by atoms with van der Waals surface area (Å²) >= 11 is 0. The zero-order valence-electron chi connectivity index (χ0n) is 18.4. The highest BCUT2D eigenvalue weighted by Gasteiger charge is 2.28. The minimum atomic E-state index is 0.0672. The van der Waals surface area contributed by atoms with E-state index in [-0.39, 0.29) is 11.8 Å². The molecular weight excluding hydrogens is 392 g/mol. The van der Waals surface area contributed by atoms with Crippen molar-refractivity contribution in [2.75, 3.05) is 59.0 Å². The van der Waals surface area contributed by atoms with Gasteiger partial charge in [-0.25, -0.2) is 0 Å². The van der Waals surface area contributed by atoms with E-state index < -0.39 is 0 Å². The highest BCUT2D eigenvalue weighted by atomic mass is 16.5. The number of piperazine rings is 1. The molecule has 1 N–H and O–H groups in total. The van der Waals surface area contributed by atoms with E-state index in [1.165, 1.54) is 23.1 Å². The first kappa shape index (κ1) is 20.5. The maximum atomic E-state index is 13.4. The molecule has 1 aliphatic carbocycles. The molecule has 2 amide bonds. The van der Waals surface area contributed by atoms with Gasteiger partial charge in [-0.3, -0.25) is 14.5 Å². The van der Waals surface area contributed by atoms with Crippen LogP contribution in [0.5, 0.6) is 0 Å². The molecule has 1 aromatic heterocycles. The van der Waals surface area contributed by atoms with Gasteiger partial charge in [0.2, 0.25) is 5.91 Å². The zero-order valence-corrected chi connectivity index (χ0v) is 18.4. The molecule has 3 aliphatic rings. The molecule has 7 heteroatoms. The molecule has 0 radical (unpaired) electrons. The second kappa shape index (κ2) is 8.63. The lowest BCUT2D eigenvalue weighted by Gasteiger charge is -2.36. The third-order valence-electron chi connectivity index (χ3n) is 7.08. The predicted molar refractivity (Wildman–Crippen MR) is 119 cm³/mol. The summed E-state index contributed by atoms with van der Waals surface area (Å²) in [5.74, 6) is 0.911. The summed E-state index contributed by atoms with van der Waals surface area (Å²) < 4.78 is 5.36. The van der Waals surface area contributed by atoms with E-state index in [4.69, 9.17) is 4.74 Å². The number of carbonyl (C=O) groups excluding carboxylic acids is 2. The summed E-state index contributed by atoms with van der Waals surface area (Å²) in [5.41, 5.74) is 4.43. The number of nitrogens with zero attached hydrogens (tertiary/aromatic N) is 3. The number of para-hydroxylation sites is 1. The van der Waals surface area contributed by atoms with Crippen LogP contribution in [-0.4, -0.2) is 90.5 Å². The molecular formula is C24H32N4O3. The zero-order chi connectivity index (χ0) is 21.4. The van der Waals surface area contributed by atoms with Crippen molar-refractivity contribution in [2.45, 2.75) is 26.2 Å². The van der Waals surface area contributed by atoms with E-state index in [1.54, 1.807) is 0 Å². The van der Waals surface area contributed by atoms with Crippen LogP contribution in [0.4, 0.5) is 0 Å². The summed E-state index contributed by atoms with van der Waals surface area (Å²) in [6.45, 7) is 8.14. The second-order valence-electron chi connectivity index (χ2n) is 9.22. The summed E-state index contributed by atoms with van der Waals surface area (Å²) in [6, 6.07) is 6.08. The fraction of sp³-hybridized carbons (Fsp3) is 0.583. The average molecular weight is 425 g/mol. The second-order valence-corrected chi connectivity index (χ2v) is 9.22. The van der Waals surface area contributed by atoms with Crippen LogP contribution in [0.25, 0.3) is 10.9 Å². The van der Waals surface area contributed by atoms with E-state index in [0.29, 0.717) is 51.9 Å². The molecule has 2 aromatic rings. The number of morpholine rings is 1. The number of aromatic nitrogens is 1. The first-order valence-corrected chi connectivity index (χ1v) is 11.6. The van der Waals surface area contributed by atoms with Crippen LogP contribution in [0.15, 0.2) is 18.2 Å². The van der Waals surface area contributed by atoms with Gasteiger partial charge in [0.05, 0.1) is 30.8 Å². The Morgan fingerprint density at radius 1 is 1.06 bits per heavy atom. The maximum absolute atomic E-state index is 13.4. The number of carbonyl (C=O) groups is 2. The first-order chi connectivity index (χ1) is 15.1. The molecule has 0 bridgehead atoms. The minimum Gasteiger partial charge on any atom is -0.379 e. The van der Waals surface area contributed by atoms with E-state index in [9.17, 15) is 9.59 Å². The Bertz CT molecular complexity index is 971. The maximum Gasteiger partial charge on any atom is 0.256 e. The molecule has 0 spiro atoms. The van der Waals surface area contributed by atoms with Gasteiger partial charge in [-0.15, -0.1) is 0 Å². The third kappa shape index (κ3) is 4.08. The molecule has 2 saturated heterocycles. The monoisotopic (exact) mass is 424 g/mol. The van der Waals surface area contributed by atoms with E-state index in [2.05, 4.69) is 22.9 Å². The summed E-state index contributed by atoms with van der Waals surface area (Å²) in [6.07, 6.45) is 3.34. The SMILES string of the molecule is CC1CCc2[nH]c3c(C(=O)N4CCN(C(=O)CN5CCOCC5)CC4)cccc3c2C1. The fourth-order valence-corrected chi connectivity index (χ4v) is 5.17. The van der Waals surface area contributed by atoms with Crippen molar-refractivity contribution in [3.63, 3.8) is 0 Å². The minimum absolute atomic E-state index is 0.0672. The standard InChI is InChI=1S/C24H32N4O3/c1-17-5-6-21-20(15-17)18-3-2-4-19(23(18)25-21)24(30)28-9-7-27(8-10-28)22(29)16-26-11-13-31-14-12-26/h2-4,17,25H,5-16H2,1H3. The summed E-state index contributed by atoms with van der Waals surface area (Å²) in [5, 5.41) is 1.20. The number of amides is 2. The number of nitrogens with one attached hydrogen (secondary N) is 1. The van der Waals surface area contributed by atoms with Gasteiger partial charge < -0.3 is 19.5 Å². The molecule has 31 heavy (non-hydrogen) atoms. The van der Waals surface area contributed by atoms with Gasteiger partial charge in [0.25, 0.3) is 5.91 Å². The Hall–Kier alpha value is -2.38. The molecule has 0 saturated carbocycles. The average Bonchev–Trinajstić information content (AvgIpc) is 3.17. The van der Waals surface area contributed by atoms with Crippen LogP contribution >= 0.6 is 0 Å². The van der Waals surface area contributed by atoms with Gasteiger partial charge >= 0.3 is 0 Å². The van der Waals surface area contributed by atoms with E-state index in [0.717, 1.165) is 37.0 Å². The van der Waals surface area contributed by atoms with Gasteiger partial charge in [-0.2, -0.15) is 0 Å². The number of fused-ring (bicyclic) bond motifs is 3. The Morgan fingerprint density at radius 3 is 2.58 bits per heavy atom. The van der Waals surface area contributed by atoms with Crippen LogP contribution in [0.2, 0.25) is 0 Å². The van der Waals surface area contributed by atoms with Gasteiger partial charge in [0.1, 0.15) is 0 Å². The van der Waals surface area contributed by atoms with Crippen molar-refractivity contribution in [2.24, 2.45) is 5.92 Å². The Balaban J connectivity index is 1.25. The van der Waals surface area contributed by atoms with Gasteiger partial charge in [0.15, 0.2) is 0 Å². The lowest BCUT2D eigenvalue weighted by Crippen LogP contribution is -2.53. The normalized spacial score (nSPS) is 22.5. The van der Waals surface area contributed by atoms with Crippen molar-refractivity contribution in [1.82, 2.24) is 19.7 Å². The number of hydrogen-bond acceptors (Lipinski definition) is 4. The number of rotatable bonds is 3. The Labute approximate surface area is 183 Å². The Morgan fingerprint density at radius 2 is 1.81 bits per heavy atom. The van der Waals surface area contributed by atoms with Gasteiger partial charge in [0, 0.05) is 50.3 Å². The molecule has 166 valence electrons. The molecule has 5 rings (SSSR count). The number of hydrogen-bond donors (Lipinski definition) is 1. The van der Waals surface area contributed by atoms with Crippen LogP contribution in [0, 0.1) is 5.92 Å². The van der Waals surface area contributed by atoms with Crippen molar-refractivity contribution in [3.8, 4) is 0 Å². The Kier molecular flexibility index (Phi) is 5.71. The highest BCUT2D eigenvalue weighted by molar-refractivity contribution is 6.07. The molecule has 2 fully saturated rings. The predicted octanol–water partition coefficient (Wildman–Crippen LogP) is 1.91. The smallest absolute Gasteiger partial charge is 0.256 e. The summed E-state index contributed by atoms with van der Waals surface area (Å²) in [4.78, 5) is 35.5. The van der Waals surface area contributed by atoms with Gasteiger partial charge in [-0.05, 0) is 36.8 Å². The topological polar surface area (TPSA) is 68.9 Å². The van der Waals surface area contributed by atoms with Crippen molar-refractivity contribution in [1.29, 1.82) is 0 Å². The number of benzene rings is 1. The molecule has 1 aromatic carbocycles. The van der Waals surface area contributed by atoms with Crippen LogP contribution < -0.4 is 0 Å². The fourth-order valence-electron chi connectivity index (χ4n) is 5.17. The van der Waals surface area contributed by atoms with Gasteiger partial charge in [-0.1, -0.05) is 19.1 Å². The number of ether oxygens (including phenoxy) is 1. The van der Waals surface area contributed by atoms with Crippen LogP contribution in [0.3, 0.4) is 0 Å². The lowest BCUT2D eigenvalue weighted by atomic mass is 9.87. The van der Waals surface area contributed by atoms with Crippen molar-refractivity contribution < 1.29 is 14.3 Å². The largest absolute Gasteiger partial charge is 0.379 e. The van der Waals surface area contributed by atoms with Crippen molar-refractivity contribution >= 4 is 22.7 Å². The van der Waals surface area contributed by atoms with E-state index >= 15 is 0 Å². The summed E-state index contributed by atoms with van der Waals surface area (Å²) in [7, 11) is 0. The number of aromatic amines is 1. The van der Waals surface area contributed by atoms with Crippen molar-refractivity contribution in [3.05, 3.63) is 35.0 Å². The third-order valence-corrected chi connectivity index (χ3v) is 7.08. The van der Waals surface area contributed by atoms with E-state index in [1.807, 2.05) is 21.9 Å². The molecule has 1 atom stereocenters. The lowest BCUT2D eigenvalue weighted by molar-refractivity contribution is -0.134. The number of aryl methyl sites for hydroxylation is 1. The molecule has 1 unspecified atom stereocenters. The highest BCUT2D eigenvalue weighted by Crippen LogP contribution is 2.33. The van der Waals surface area contributed by atoms with Crippen LogP contribution in [-0.2, 0) is 22.4 Å².